The van der Waals surface area contributed by atoms with Gasteiger partial charge in [0.05, 0.1) is 0 Å². The number of nitrogens with zero attached hydrogens (tertiary/aromatic N) is 1. The van der Waals surface area contributed by atoms with Gasteiger partial charge < -0.3 is 4.52 Å². The second-order valence-corrected chi connectivity index (χ2v) is 7.27. The quantitative estimate of drug-likeness (QED) is 0.784. The third-order valence-electron chi connectivity index (χ3n) is 3.33. The minimum Gasteiger partial charge on any atom is -0.360 e. The summed E-state index contributed by atoms with van der Waals surface area (Å²) in [6.45, 7) is 3.60. The fraction of sp³-hybridized carbons (Fsp3) is 0.400. The van der Waals surface area contributed by atoms with Gasteiger partial charge in [-0.05, 0) is 50.8 Å². The SMILES string of the molecule is Cc1noc(C)c1S(=O)(=O)NCCCCc1ccc(Cl)cc1. The van der Waals surface area contributed by atoms with Crippen molar-refractivity contribution >= 4 is 21.6 Å². The van der Waals surface area contributed by atoms with E-state index >= 15 is 0 Å². The average molecular weight is 343 g/mol. The van der Waals surface area contributed by atoms with Crippen molar-refractivity contribution in [2.24, 2.45) is 0 Å². The van der Waals surface area contributed by atoms with Crippen LogP contribution in [0.5, 0.6) is 0 Å². The molecular weight excluding hydrogens is 324 g/mol. The summed E-state index contributed by atoms with van der Waals surface area (Å²) in [7, 11) is -3.55. The maximum Gasteiger partial charge on any atom is 0.245 e. The van der Waals surface area contributed by atoms with E-state index in [0.717, 1.165) is 24.3 Å². The lowest BCUT2D eigenvalue weighted by Gasteiger charge is -2.06. The summed E-state index contributed by atoms with van der Waals surface area (Å²) >= 11 is 5.83. The molecule has 1 N–H and O–H groups in total. The van der Waals surface area contributed by atoms with E-state index in [-0.39, 0.29) is 4.90 Å². The molecule has 1 aromatic heterocycles. The van der Waals surface area contributed by atoms with E-state index in [4.69, 9.17) is 16.1 Å². The number of benzene rings is 1. The fourth-order valence-corrected chi connectivity index (χ4v) is 3.77. The molecule has 0 aliphatic rings. The van der Waals surface area contributed by atoms with Gasteiger partial charge in [-0.15, -0.1) is 0 Å². The van der Waals surface area contributed by atoms with Crippen LogP contribution in [0, 0.1) is 13.8 Å². The summed E-state index contributed by atoms with van der Waals surface area (Å²) in [5.41, 5.74) is 1.57. The first-order chi connectivity index (χ1) is 10.4. The molecule has 0 radical (unpaired) electrons. The lowest BCUT2D eigenvalue weighted by molar-refractivity contribution is 0.390. The van der Waals surface area contributed by atoms with Crippen molar-refractivity contribution < 1.29 is 12.9 Å². The molecule has 0 aliphatic carbocycles. The molecule has 22 heavy (non-hydrogen) atoms. The molecule has 120 valence electrons. The molecule has 0 atom stereocenters. The number of nitrogens with one attached hydrogen (secondary N) is 1. The Morgan fingerprint density at radius 1 is 1.18 bits per heavy atom. The van der Waals surface area contributed by atoms with E-state index in [0.29, 0.717) is 18.0 Å². The summed E-state index contributed by atoms with van der Waals surface area (Å²) in [5.74, 6) is 0.311. The van der Waals surface area contributed by atoms with Gasteiger partial charge in [0.1, 0.15) is 10.6 Å². The zero-order valence-corrected chi connectivity index (χ0v) is 14.2. The number of aryl methyl sites for hydroxylation is 3. The smallest absolute Gasteiger partial charge is 0.245 e. The molecule has 5 nitrogen and oxygen atoms in total. The Bertz CT molecular complexity index is 704. The molecule has 0 saturated carbocycles. The van der Waals surface area contributed by atoms with E-state index in [1.54, 1.807) is 13.8 Å². The predicted octanol–water partition coefficient (Wildman–Crippen LogP) is 3.25. The van der Waals surface area contributed by atoms with Gasteiger partial charge in [-0.2, -0.15) is 0 Å². The van der Waals surface area contributed by atoms with Crippen LogP contribution >= 0.6 is 11.6 Å². The number of aromatic nitrogens is 1. The second kappa shape index (κ2) is 7.26. The molecule has 0 bridgehead atoms. The predicted molar refractivity (Wildman–Crippen MR) is 85.6 cm³/mol. The average Bonchev–Trinajstić information content (AvgIpc) is 2.80. The first-order valence-electron chi connectivity index (χ1n) is 7.07. The van der Waals surface area contributed by atoms with Crippen molar-refractivity contribution in [1.82, 2.24) is 9.88 Å². The van der Waals surface area contributed by atoms with Crippen molar-refractivity contribution in [1.29, 1.82) is 0 Å². The lowest BCUT2D eigenvalue weighted by Crippen LogP contribution is -2.25. The van der Waals surface area contributed by atoms with Gasteiger partial charge in [0.25, 0.3) is 0 Å². The first kappa shape index (κ1) is 17.0. The minimum atomic E-state index is -3.55. The van der Waals surface area contributed by atoms with Crippen LogP contribution in [-0.4, -0.2) is 20.1 Å². The highest BCUT2D eigenvalue weighted by molar-refractivity contribution is 7.89. The van der Waals surface area contributed by atoms with E-state index < -0.39 is 10.0 Å². The number of halogens is 1. The van der Waals surface area contributed by atoms with Crippen molar-refractivity contribution in [2.75, 3.05) is 6.54 Å². The molecule has 1 heterocycles. The van der Waals surface area contributed by atoms with Gasteiger partial charge in [-0.1, -0.05) is 28.9 Å². The fourth-order valence-electron chi connectivity index (χ4n) is 2.24. The number of hydrogen-bond acceptors (Lipinski definition) is 4. The van der Waals surface area contributed by atoms with Crippen LogP contribution in [0.25, 0.3) is 0 Å². The van der Waals surface area contributed by atoms with Crippen LogP contribution in [-0.2, 0) is 16.4 Å². The maximum atomic E-state index is 12.2. The lowest BCUT2D eigenvalue weighted by atomic mass is 10.1. The number of sulfonamides is 1. The van der Waals surface area contributed by atoms with E-state index in [2.05, 4.69) is 9.88 Å². The molecule has 2 rings (SSSR count). The summed E-state index contributed by atoms with van der Waals surface area (Å²) in [4.78, 5) is 0.144. The Balaban J connectivity index is 1.80. The highest BCUT2D eigenvalue weighted by atomic mass is 35.5. The molecule has 1 aromatic carbocycles. The van der Waals surface area contributed by atoms with Crippen molar-refractivity contribution in [3.63, 3.8) is 0 Å². The summed E-state index contributed by atoms with van der Waals surface area (Å²) in [6, 6.07) is 7.68. The van der Waals surface area contributed by atoms with Crippen molar-refractivity contribution in [2.45, 2.75) is 38.0 Å². The largest absolute Gasteiger partial charge is 0.360 e. The van der Waals surface area contributed by atoms with Crippen LogP contribution < -0.4 is 4.72 Å². The van der Waals surface area contributed by atoms with Crippen molar-refractivity contribution in [3.05, 3.63) is 46.3 Å². The Kier molecular flexibility index (Phi) is 5.61. The Labute approximate surface area is 135 Å². The van der Waals surface area contributed by atoms with Crippen LogP contribution in [0.1, 0.15) is 29.9 Å². The maximum absolute atomic E-state index is 12.2. The van der Waals surface area contributed by atoms with Crippen LogP contribution in [0.4, 0.5) is 0 Å². The molecule has 0 unspecified atom stereocenters. The molecule has 0 fully saturated rings. The third-order valence-corrected chi connectivity index (χ3v) is 5.29. The first-order valence-corrected chi connectivity index (χ1v) is 8.93. The number of rotatable bonds is 7. The third kappa shape index (κ3) is 4.32. The van der Waals surface area contributed by atoms with Crippen LogP contribution in [0.2, 0.25) is 5.02 Å². The molecule has 2 aromatic rings. The van der Waals surface area contributed by atoms with E-state index in [1.807, 2.05) is 24.3 Å². The molecule has 7 heteroatoms. The summed E-state index contributed by atoms with van der Waals surface area (Å²) in [6.07, 6.45) is 2.54. The Hall–Kier alpha value is -1.37. The second-order valence-electron chi connectivity index (χ2n) is 5.13. The molecule has 0 amide bonds. The number of hydrogen-bond donors (Lipinski definition) is 1. The van der Waals surface area contributed by atoms with Crippen molar-refractivity contribution in [3.8, 4) is 0 Å². The highest BCUT2D eigenvalue weighted by Crippen LogP contribution is 2.18. The number of unbranched alkanes of at least 4 members (excludes halogenated alkanes) is 1. The van der Waals surface area contributed by atoms with Gasteiger partial charge in [0, 0.05) is 11.6 Å². The monoisotopic (exact) mass is 342 g/mol. The normalized spacial score (nSPS) is 11.8. The molecule has 0 saturated heterocycles. The Morgan fingerprint density at radius 3 is 2.45 bits per heavy atom. The standard InChI is InChI=1S/C15H19ClN2O3S/c1-11-15(12(2)21-18-11)22(19,20)17-10-4-3-5-13-6-8-14(16)9-7-13/h6-9,17H,3-5,10H2,1-2H3. The summed E-state index contributed by atoms with van der Waals surface area (Å²) in [5, 5.41) is 4.39. The van der Waals surface area contributed by atoms with Crippen LogP contribution in [0.3, 0.4) is 0 Å². The van der Waals surface area contributed by atoms with Gasteiger partial charge >= 0.3 is 0 Å². The summed E-state index contributed by atoms with van der Waals surface area (Å²) < 4.78 is 31.8. The molecular formula is C15H19ClN2O3S. The zero-order valence-electron chi connectivity index (χ0n) is 12.6. The zero-order chi connectivity index (χ0) is 16.2. The van der Waals surface area contributed by atoms with Gasteiger partial charge in [0.2, 0.25) is 10.0 Å². The van der Waals surface area contributed by atoms with Crippen LogP contribution in [0.15, 0.2) is 33.7 Å². The van der Waals surface area contributed by atoms with Gasteiger partial charge in [-0.3, -0.25) is 0 Å². The van der Waals surface area contributed by atoms with Gasteiger partial charge in [0.15, 0.2) is 5.76 Å². The highest BCUT2D eigenvalue weighted by Gasteiger charge is 2.23. The van der Waals surface area contributed by atoms with Gasteiger partial charge in [-0.25, -0.2) is 13.1 Å². The topological polar surface area (TPSA) is 72.2 Å². The van der Waals surface area contributed by atoms with E-state index in [1.165, 1.54) is 5.56 Å². The Morgan fingerprint density at radius 2 is 1.86 bits per heavy atom. The minimum absolute atomic E-state index is 0.144. The van der Waals surface area contributed by atoms with E-state index in [9.17, 15) is 8.42 Å². The molecule has 0 aliphatic heterocycles. The molecule has 0 spiro atoms.